The normalized spacial score (nSPS) is 22.9. The number of fused-ring (bicyclic) bond motifs is 3. The van der Waals surface area contributed by atoms with Crippen molar-refractivity contribution in [2.24, 2.45) is 11.1 Å². The third-order valence-corrected chi connectivity index (χ3v) is 4.67. The van der Waals surface area contributed by atoms with Crippen molar-refractivity contribution < 1.29 is 9.90 Å². The van der Waals surface area contributed by atoms with Gasteiger partial charge in [0.1, 0.15) is 0 Å². The van der Waals surface area contributed by atoms with Gasteiger partial charge in [0.25, 0.3) is 0 Å². The summed E-state index contributed by atoms with van der Waals surface area (Å²) in [6, 6.07) is 7.64. The summed E-state index contributed by atoms with van der Waals surface area (Å²) in [6.07, 6.45) is 4.00. The molecule has 1 aromatic heterocycles. The molecule has 1 amide bonds. The predicted octanol–water partition coefficient (Wildman–Crippen LogP) is 1.08. The van der Waals surface area contributed by atoms with Crippen LogP contribution in [0.25, 0.3) is 11.3 Å². The molecule has 3 N–H and O–H groups in total. The van der Waals surface area contributed by atoms with E-state index in [-0.39, 0.29) is 6.04 Å². The van der Waals surface area contributed by atoms with Crippen LogP contribution in [0.2, 0.25) is 0 Å². The van der Waals surface area contributed by atoms with E-state index in [0.717, 1.165) is 16.8 Å². The van der Waals surface area contributed by atoms with Crippen LogP contribution in [0, 0.1) is 5.41 Å². The second-order valence-corrected chi connectivity index (χ2v) is 5.68. The van der Waals surface area contributed by atoms with Crippen molar-refractivity contribution >= 4 is 5.91 Å². The highest BCUT2D eigenvalue weighted by Gasteiger charge is 2.58. The number of imidazole rings is 1. The lowest BCUT2D eigenvalue weighted by Gasteiger charge is -2.27. The highest BCUT2D eigenvalue weighted by Crippen LogP contribution is 2.54. The molecule has 102 valence electrons. The molecule has 0 spiro atoms. The van der Waals surface area contributed by atoms with E-state index in [2.05, 4.69) is 4.98 Å². The van der Waals surface area contributed by atoms with Crippen molar-refractivity contribution in [3.8, 4) is 11.3 Å². The van der Waals surface area contributed by atoms with Gasteiger partial charge in [0, 0.05) is 5.56 Å². The number of amides is 1. The summed E-state index contributed by atoms with van der Waals surface area (Å²) >= 11 is 0. The Kier molecular flexibility index (Phi) is 2.16. The van der Waals surface area contributed by atoms with E-state index >= 15 is 0 Å². The average molecular weight is 269 g/mol. The van der Waals surface area contributed by atoms with Crippen molar-refractivity contribution in [3.05, 3.63) is 42.4 Å². The number of nitrogens with two attached hydrogens (primary N) is 1. The van der Waals surface area contributed by atoms with Gasteiger partial charge in [-0.05, 0) is 18.4 Å². The van der Waals surface area contributed by atoms with Crippen LogP contribution in [0.15, 0.2) is 36.8 Å². The lowest BCUT2D eigenvalue weighted by molar-refractivity contribution is -0.128. The van der Waals surface area contributed by atoms with Crippen LogP contribution in [0.3, 0.4) is 0 Å². The second-order valence-electron chi connectivity index (χ2n) is 5.68. The first-order valence-electron chi connectivity index (χ1n) is 6.74. The Morgan fingerprint density at radius 3 is 2.90 bits per heavy atom. The van der Waals surface area contributed by atoms with E-state index in [1.807, 2.05) is 28.8 Å². The summed E-state index contributed by atoms with van der Waals surface area (Å²) in [5.41, 5.74) is 7.79. The summed E-state index contributed by atoms with van der Waals surface area (Å²) in [5.74, 6) is -0.406. The van der Waals surface area contributed by atoms with E-state index in [1.165, 1.54) is 0 Å². The first-order chi connectivity index (χ1) is 9.65. The molecule has 4 rings (SSSR count). The average Bonchev–Trinajstić information content (AvgIpc) is 3.03. The van der Waals surface area contributed by atoms with E-state index in [9.17, 15) is 9.90 Å². The molecule has 5 heteroatoms. The number of aromatic nitrogens is 2. The number of rotatable bonds is 3. The molecule has 5 nitrogen and oxygen atoms in total. The smallest absolute Gasteiger partial charge is 0.226 e. The first-order valence-corrected chi connectivity index (χ1v) is 6.74. The molecule has 2 atom stereocenters. The van der Waals surface area contributed by atoms with Gasteiger partial charge in [-0.2, -0.15) is 0 Å². The number of carbonyl (C=O) groups excluding carboxylic acids is 1. The Morgan fingerprint density at radius 2 is 2.20 bits per heavy atom. The molecule has 1 saturated carbocycles. The fourth-order valence-electron chi connectivity index (χ4n) is 3.32. The van der Waals surface area contributed by atoms with E-state index in [1.54, 1.807) is 12.5 Å². The molecule has 1 aliphatic heterocycles. The summed E-state index contributed by atoms with van der Waals surface area (Å²) in [6.45, 7) is 0. The minimum Gasteiger partial charge on any atom is -0.389 e. The van der Waals surface area contributed by atoms with Crippen LogP contribution in [0.4, 0.5) is 0 Å². The van der Waals surface area contributed by atoms with Crippen LogP contribution in [0.1, 0.15) is 24.4 Å². The summed E-state index contributed by atoms with van der Waals surface area (Å²) in [7, 11) is 0. The maximum absolute atomic E-state index is 11.7. The molecule has 1 aliphatic carbocycles. The molecule has 20 heavy (non-hydrogen) atoms. The highest BCUT2D eigenvalue weighted by molar-refractivity contribution is 5.85. The van der Waals surface area contributed by atoms with Gasteiger partial charge in [0.2, 0.25) is 5.91 Å². The maximum Gasteiger partial charge on any atom is 0.226 e. The van der Waals surface area contributed by atoms with E-state index < -0.39 is 17.4 Å². The molecule has 2 aromatic rings. The van der Waals surface area contributed by atoms with Gasteiger partial charge in [-0.15, -0.1) is 0 Å². The van der Waals surface area contributed by atoms with Crippen LogP contribution in [-0.2, 0) is 4.79 Å². The summed E-state index contributed by atoms with van der Waals surface area (Å²) < 4.78 is 1.94. The van der Waals surface area contributed by atoms with Gasteiger partial charge in [0.05, 0.1) is 35.8 Å². The minimum absolute atomic E-state index is 0.279. The number of aliphatic hydroxyl groups is 1. The molecule has 1 fully saturated rings. The lowest BCUT2D eigenvalue weighted by atomic mass is 9.88. The van der Waals surface area contributed by atoms with Gasteiger partial charge < -0.3 is 15.4 Å². The third-order valence-electron chi connectivity index (χ3n) is 4.67. The highest BCUT2D eigenvalue weighted by atomic mass is 16.3. The van der Waals surface area contributed by atoms with Gasteiger partial charge in [-0.3, -0.25) is 4.79 Å². The fourth-order valence-corrected chi connectivity index (χ4v) is 3.32. The molecule has 0 saturated heterocycles. The molecule has 1 unspecified atom stereocenters. The zero-order valence-corrected chi connectivity index (χ0v) is 10.9. The first kappa shape index (κ1) is 11.7. The van der Waals surface area contributed by atoms with Gasteiger partial charge in [-0.25, -0.2) is 4.98 Å². The van der Waals surface area contributed by atoms with Crippen LogP contribution in [-0.4, -0.2) is 26.7 Å². The van der Waals surface area contributed by atoms with Gasteiger partial charge >= 0.3 is 0 Å². The number of hydrogen-bond acceptors (Lipinski definition) is 3. The van der Waals surface area contributed by atoms with Gasteiger partial charge in [-0.1, -0.05) is 24.3 Å². The summed E-state index contributed by atoms with van der Waals surface area (Å²) in [5, 5.41) is 10.8. The molecular formula is C15H15N3O2. The number of benzene rings is 1. The molecule has 2 heterocycles. The number of primary amides is 1. The molecule has 0 bridgehead atoms. The van der Waals surface area contributed by atoms with Crippen molar-refractivity contribution in [2.75, 3.05) is 0 Å². The Labute approximate surface area is 116 Å². The van der Waals surface area contributed by atoms with Crippen molar-refractivity contribution in [3.63, 3.8) is 0 Å². The van der Waals surface area contributed by atoms with Crippen LogP contribution in [0.5, 0.6) is 0 Å². The third kappa shape index (κ3) is 1.30. The number of hydrogen-bond donors (Lipinski definition) is 2. The Balaban J connectivity index is 1.85. The van der Waals surface area contributed by atoms with Crippen LogP contribution >= 0.6 is 0 Å². The minimum atomic E-state index is -0.809. The fraction of sp³-hybridized carbons (Fsp3) is 0.333. The largest absolute Gasteiger partial charge is 0.389 e. The predicted molar refractivity (Wildman–Crippen MR) is 72.7 cm³/mol. The van der Waals surface area contributed by atoms with E-state index in [4.69, 9.17) is 5.73 Å². The van der Waals surface area contributed by atoms with Crippen LogP contribution < -0.4 is 5.73 Å². The standard InChI is InChI=1S/C15H15N3O2/c16-14(20)15(5-6-15)13(19)12-10-4-2-1-3-9(10)11-7-17-8-18(11)12/h1-4,7-8,12-13,19H,5-6H2,(H2,16,20)/t12-,13?/m0/s1. The Hall–Kier alpha value is -2.14. The molecule has 0 radical (unpaired) electrons. The topological polar surface area (TPSA) is 81.1 Å². The molecule has 2 aliphatic rings. The van der Waals surface area contributed by atoms with E-state index in [0.29, 0.717) is 12.8 Å². The number of aliphatic hydroxyl groups excluding tert-OH is 1. The lowest BCUT2D eigenvalue weighted by Crippen LogP contribution is -2.40. The van der Waals surface area contributed by atoms with Crippen molar-refractivity contribution in [1.29, 1.82) is 0 Å². The monoisotopic (exact) mass is 269 g/mol. The zero-order valence-electron chi connectivity index (χ0n) is 10.9. The number of nitrogens with zero attached hydrogens (tertiary/aromatic N) is 2. The quantitative estimate of drug-likeness (QED) is 0.874. The maximum atomic E-state index is 11.7. The zero-order chi connectivity index (χ0) is 13.9. The van der Waals surface area contributed by atoms with Crippen molar-refractivity contribution in [2.45, 2.75) is 25.0 Å². The molecular weight excluding hydrogens is 254 g/mol. The second kappa shape index (κ2) is 3.70. The Bertz CT molecular complexity index is 703. The Morgan fingerprint density at radius 1 is 1.45 bits per heavy atom. The number of carbonyl (C=O) groups is 1. The summed E-state index contributed by atoms with van der Waals surface area (Å²) in [4.78, 5) is 15.8. The van der Waals surface area contributed by atoms with Crippen molar-refractivity contribution in [1.82, 2.24) is 9.55 Å². The van der Waals surface area contributed by atoms with Gasteiger partial charge in [0.15, 0.2) is 0 Å². The molecule has 1 aromatic carbocycles. The SMILES string of the molecule is NC(=O)C1(C(O)[C@@H]2c3ccccc3-c3cncn32)CC1.